The largest absolute Gasteiger partial charge is 0.457 e. The summed E-state index contributed by atoms with van der Waals surface area (Å²) in [4.78, 5) is 48.8. The van der Waals surface area contributed by atoms with E-state index < -0.39 is 5.97 Å². The summed E-state index contributed by atoms with van der Waals surface area (Å²) >= 11 is 1.16. The summed E-state index contributed by atoms with van der Waals surface area (Å²) in [5.74, 6) is -0.863. The zero-order chi connectivity index (χ0) is 18.7. The molecule has 2 N–H and O–H groups in total. The SMILES string of the molecule is Cc1cc(C)nc(SCC(=O)OCC(=O)c2ccc3[nH]c(=O)[nH]c3c2)n1. The number of imidazole rings is 1. The lowest BCUT2D eigenvalue weighted by Gasteiger charge is -2.05. The van der Waals surface area contributed by atoms with E-state index in [-0.39, 0.29) is 23.8 Å². The summed E-state index contributed by atoms with van der Waals surface area (Å²) < 4.78 is 5.01. The highest BCUT2D eigenvalue weighted by Crippen LogP contribution is 2.15. The Labute approximate surface area is 152 Å². The number of esters is 1. The fraction of sp³-hybridized carbons (Fsp3) is 0.235. The Balaban J connectivity index is 1.54. The average Bonchev–Trinajstić information content (AvgIpc) is 2.96. The summed E-state index contributed by atoms with van der Waals surface area (Å²) in [6.07, 6.45) is 0. The van der Waals surface area contributed by atoms with Crippen LogP contribution < -0.4 is 5.69 Å². The first-order chi connectivity index (χ1) is 12.4. The maximum atomic E-state index is 12.2. The summed E-state index contributed by atoms with van der Waals surface area (Å²) in [5.41, 5.74) is 2.78. The lowest BCUT2D eigenvalue weighted by molar-refractivity contribution is -0.139. The van der Waals surface area contributed by atoms with Gasteiger partial charge in [0, 0.05) is 17.0 Å². The monoisotopic (exact) mass is 372 g/mol. The Bertz CT molecular complexity index is 1020. The Hall–Kier alpha value is -2.94. The minimum atomic E-state index is -0.526. The number of fused-ring (bicyclic) bond motifs is 1. The molecule has 0 fully saturated rings. The lowest BCUT2D eigenvalue weighted by atomic mass is 10.1. The van der Waals surface area contributed by atoms with E-state index >= 15 is 0 Å². The van der Waals surface area contributed by atoms with Crippen LogP contribution in [0.15, 0.2) is 34.2 Å². The molecule has 1 aromatic carbocycles. The number of carbonyl (C=O) groups excluding carboxylic acids is 2. The number of rotatable bonds is 6. The number of ether oxygens (including phenoxy) is 1. The summed E-state index contributed by atoms with van der Waals surface area (Å²) in [6.45, 7) is 3.34. The molecule has 0 atom stereocenters. The number of ketones is 1. The van der Waals surface area contributed by atoms with E-state index in [4.69, 9.17) is 4.74 Å². The third-order valence-corrected chi connectivity index (χ3v) is 4.30. The third-order valence-electron chi connectivity index (χ3n) is 3.48. The minimum absolute atomic E-state index is 0.0142. The molecule has 2 aromatic heterocycles. The molecule has 8 nitrogen and oxygen atoms in total. The maximum absolute atomic E-state index is 12.2. The fourth-order valence-electron chi connectivity index (χ4n) is 2.36. The quantitative estimate of drug-likeness (QED) is 0.293. The van der Waals surface area contributed by atoms with Crippen molar-refractivity contribution in [1.82, 2.24) is 19.9 Å². The number of carbonyl (C=O) groups is 2. The normalized spacial score (nSPS) is 10.8. The van der Waals surface area contributed by atoms with Crippen LogP contribution in [-0.4, -0.2) is 44.0 Å². The van der Waals surface area contributed by atoms with Crippen molar-refractivity contribution in [2.45, 2.75) is 19.0 Å². The molecule has 0 spiro atoms. The van der Waals surface area contributed by atoms with Crippen molar-refractivity contribution < 1.29 is 14.3 Å². The van der Waals surface area contributed by atoms with Gasteiger partial charge < -0.3 is 14.7 Å². The van der Waals surface area contributed by atoms with Crippen molar-refractivity contribution in [3.05, 3.63) is 51.7 Å². The molecule has 0 saturated heterocycles. The van der Waals surface area contributed by atoms with Gasteiger partial charge in [0.2, 0.25) is 0 Å². The molecule has 3 rings (SSSR count). The molecule has 3 aromatic rings. The smallest absolute Gasteiger partial charge is 0.323 e. The molecule has 0 aliphatic carbocycles. The number of thioether (sulfide) groups is 1. The topological polar surface area (TPSA) is 118 Å². The van der Waals surface area contributed by atoms with Gasteiger partial charge >= 0.3 is 11.7 Å². The number of nitrogens with zero attached hydrogens (tertiary/aromatic N) is 2. The van der Waals surface area contributed by atoms with Crippen LogP contribution in [0.25, 0.3) is 11.0 Å². The molecule has 0 radical (unpaired) electrons. The molecule has 134 valence electrons. The van der Waals surface area contributed by atoms with Crippen LogP contribution in [0, 0.1) is 13.8 Å². The highest BCUT2D eigenvalue weighted by Gasteiger charge is 2.12. The maximum Gasteiger partial charge on any atom is 0.323 e. The van der Waals surface area contributed by atoms with E-state index in [2.05, 4.69) is 19.9 Å². The molecule has 0 amide bonds. The molecule has 0 unspecified atom stereocenters. The Kier molecular flexibility index (Phi) is 5.17. The average molecular weight is 372 g/mol. The highest BCUT2D eigenvalue weighted by molar-refractivity contribution is 7.99. The molecule has 2 heterocycles. The number of hydrogen-bond acceptors (Lipinski definition) is 7. The van der Waals surface area contributed by atoms with Crippen molar-refractivity contribution >= 4 is 34.5 Å². The molecule has 9 heteroatoms. The molecular formula is C17H16N4O4S. The van der Waals surface area contributed by atoms with Gasteiger partial charge in [-0.05, 0) is 38.1 Å². The standard InChI is InChI=1S/C17H16N4O4S/c1-9-5-10(2)19-17(18-9)26-8-15(23)25-7-14(22)11-3-4-12-13(6-11)21-16(24)20-12/h3-6H,7-8H2,1-2H3,(H2,20,21,24). The summed E-state index contributed by atoms with van der Waals surface area (Å²) in [7, 11) is 0. The fourth-order valence-corrected chi connectivity index (χ4v) is 3.11. The predicted molar refractivity (Wildman–Crippen MR) is 96.4 cm³/mol. The van der Waals surface area contributed by atoms with Gasteiger partial charge in [-0.15, -0.1) is 0 Å². The second-order valence-corrected chi connectivity index (χ2v) is 6.59. The number of benzene rings is 1. The minimum Gasteiger partial charge on any atom is -0.457 e. The highest BCUT2D eigenvalue weighted by atomic mass is 32.2. The van der Waals surface area contributed by atoms with Gasteiger partial charge in [0.05, 0.1) is 16.8 Å². The van der Waals surface area contributed by atoms with Gasteiger partial charge in [0.15, 0.2) is 17.5 Å². The van der Waals surface area contributed by atoms with Crippen LogP contribution in [0.5, 0.6) is 0 Å². The number of aromatic amines is 2. The molecule has 0 saturated carbocycles. The summed E-state index contributed by atoms with van der Waals surface area (Å²) in [6, 6.07) is 6.58. The van der Waals surface area contributed by atoms with Crippen molar-refractivity contribution in [3.63, 3.8) is 0 Å². The molecule has 0 aliphatic heterocycles. The second kappa shape index (κ2) is 7.52. The number of nitrogens with one attached hydrogen (secondary N) is 2. The number of H-pyrrole nitrogens is 2. The van der Waals surface area contributed by atoms with Crippen LogP contribution in [0.4, 0.5) is 0 Å². The van der Waals surface area contributed by atoms with Gasteiger partial charge in [-0.25, -0.2) is 14.8 Å². The first-order valence-corrected chi connectivity index (χ1v) is 8.75. The van der Waals surface area contributed by atoms with E-state index in [0.29, 0.717) is 21.8 Å². The molecule has 0 bridgehead atoms. The molecule has 26 heavy (non-hydrogen) atoms. The van der Waals surface area contributed by atoms with Crippen LogP contribution in [-0.2, 0) is 9.53 Å². The number of hydrogen-bond donors (Lipinski definition) is 2. The van der Waals surface area contributed by atoms with Crippen molar-refractivity contribution in [1.29, 1.82) is 0 Å². The second-order valence-electron chi connectivity index (χ2n) is 5.65. The first-order valence-electron chi connectivity index (χ1n) is 7.76. The van der Waals surface area contributed by atoms with Crippen LogP contribution >= 0.6 is 11.8 Å². The third kappa shape index (κ3) is 4.37. The van der Waals surface area contributed by atoms with Gasteiger partial charge in [0.1, 0.15) is 0 Å². The van der Waals surface area contributed by atoms with E-state index in [0.717, 1.165) is 23.1 Å². The van der Waals surface area contributed by atoms with E-state index in [9.17, 15) is 14.4 Å². The van der Waals surface area contributed by atoms with E-state index in [1.165, 1.54) is 0 Å². The predicted octanol–water partition coefficient (Wildman–Crippen LogP) is 1.78. The van der Waals surface area contributed by atoms with Crippen LogP contribution in [0.3, 0.4) is 0 Å². The lowest BCUT2D eigenvalue weighted by Crippen LogP contribution is -2.15. The molecular weight excluding hydrogens is 356 g/mol. The van der Waals surface area contributed by atoms with Gasteiger partial charge in [0.25, 0.3) is 0 Å². The van der Waals surface area contributed by atoms with Gasteiger partial charge in [-0.3, -0.25) is 9.59 Å². The Morgan fingerprint density at radius 1 is 1.08 bits per heavy atom. The zero-order valence-corrected chi connectivity index (χ0v) is 15.0. The van der Waals surface area contributed by atoms with E-state index in [1.54, 1.807) is 18.2 Å². The van der Waals surface area contributed by atoms with Crippen molar-refractivity contribution in [3.8, 4) is 0 Å². The number of aryl methyl sites for hydroxylation is 2. The Morgan fingerprint density at radius 3 is 2.50 bits per heavy atom. The van der Waals surface area contributed by atoms with Gasteiger partial charge in [-0.1, -0.05) is 11.8 Å². The summed E-state index contributed by atoms with van der Waals surface area (Å²) in [5, 5.41) is 0.493. The van der Waals surface area contributed by atoms with Crippen molar-refractivity contribution in [2.75, 3.05) is 12.4 Å². The first kappa shape index (κ1) is 17.9. The Morgan fingerprint density at radius 2 is 1.77 bits per heavy atom. The number of Topliss-reactive ketones (excluding diaryl/α,β-unsaturated/α-hetero) is 1. The molecule has 0 aliphatic rings. The van der Waals surface area contributed by atoms with E-state index in [1.807, 2.05) is 19.9 Å². The van der Waals surface area contributed by atoms with Gasteiger partial charge in [-0.2, -0.15) is 0 Å². The zero-order valence-electron chi connectivity index (χ0n) is 14.2. The van der Waals surface area contributed by atoms with Crippen LogP contribution in [0.2, 0.25) is 0 Å². The number of aromatic nitrogens is 4. The van der Waals surface area contributed by atoms with Crippen LogP contribution in [0.1, 0.15) is 21.7 Å². The van der Waals surface area contributed by atoms with Crippen molar-refractivity contribution in [2.24, 2.45) is 0 Å².